The predicted octanol–water partition coefficient (Wildman–Crippen LogP) is 0.968. The van der Waals surface area contributed by atoms with Crippen LogP contribution in [0.1, 0.15) is 10.4 Å². The summed E-state index contributed by atoms with van der Waals surface area (Å²) in [5.74, 6) is -1.43. The fourth-order valence-electron chi connectivity index (χ4n) is 1.64. The first-order chi connectivity index (χ1) is 8.09. The number of carboxylic acids is 1. The van der Waals surface area contributed by atoms with Gasteiger partial charge in [-0.2, -0.15) is 0 Å². The molecule has 7 heteroatoms. The van der Waals surface area contributed by atoms with Crippen molar-refractivity contribution >= 4 is 27.8 Å². The van der Waals surface area contributed by atoms with Gasteiger partial charge >= 0.3 is 5.97 Å². The Hall–Kier alpha value is -1.34. The number of ether oxygens (including phenoxy) is 1. The standard InChI is InChI=1S/C10H10BrNO5/c11-8-3-6(4-17-8)9(13)12-1-2-16-5-7(12)10(14)15/h3-4,7H,1-2,5H2,(H,14,15)/t7-/m1/s1. The molecule has 0 radical (unpaired) electrons. The van der Waals surface area contributed by atoms with Gasteiger partial charge < -0.3 is 19.2 Å². The Morgan fingerprint density at radius 2 is 2.29 bits per heavy atom. The molecule has 1 aromatic rings. The van der Waals surface area contributed by atoms with Crippen LogP contribution in [0.15, 0.2) is 21.4 Å². The van der Waals surface area contributed by atoms with Crippen LogP contribution < -0.4 is 0 Å². The summed E-state index contributed by atoms with van der Waals surface area (Å²) in [4.78, 5) is 24.3. The van der Waals surface area contributed by atoms with E-state index in [4.69, 9.17) is 14.3 Å². The van der Waals surface area contributed by atoms with Gasteiger partial charge in [0.05, 0.1) is 18.8 Å². The van der Waals surface area contributed by atoms with Crippen LogP contribution in [-0.4, -0.2) is 47.7 Å². The summed E-state index contributed by atoms with van der Waals surface area (Å²) >= 11 is 3.09. The summed E-state index contributed by atoms with van der Waals surface area (Å²) in [7, 11) is 0. The van der Waals surface area contributed by atoms with E-state index in [0.29, 0.717) is 16.8 Å². The third-order valence-electron chi connectivity index (χ3n) is 2.49. The zero-order valence-electron chi connectivity index (χ0n) is 8.76. The second-order valence-electron chi connectivity index (χ2n) is 3.57. The molecule has 92 valence electrons. The molecule has 1 atom stereocenters. The van der Waals surface area contributed by atoms with E-state index in [9.17, 15) is 9.59 Å². The first kappa shape index (κ1) is 12.1. The summed E-state index contributed by atoms with van der Waals surface area (Å²) in [5.41, 5.74) is 0.324. The van der Waals surface area contributed by atoms with E-state index < -0.39 is 12.0 Å². The third-order valence-corrected chi connectivity index (χ3v) is 2.90. The summed E-state index contributed by atoms with van der Waals surface area (Å²) in [5, 5.41) is 9.00. The minimum absolute atomic E-state index is 0.0140. The number of halogens is 1. The normalized spacial score (nSPS) is 20.3. The Kier molecular flexibility index (Phi) is 3.49. The second kappa shape index (κ2) is 4.89. The molecule has 2 heterocycles. The average molecular weight is 304 g/mol. The molecule has 1 aliphatic rings. The van der Waals surface area contributed by atoms with Crippen LogP contribution in [-0.2, 0) is 9.53 Å². The number of carbonyl (C=O) groups excluding carboxylic acids is 1. The molecule has 0 bridgehead atoms. The molecule has 1 amide bonds. The van der Waals surface area contributed by atoms with Crippen LogP contribution in [0.3, 0.4) is 0 Å². The summed E-state index contributed by atoms with van der Waals surface area (Å²) in [6.07, 6.45) is 1.29. The maximum absolute atomic E-state index is 12.1. The van der Waals surface area contributed by atoms with E-state index >= 15 is 0 Å². The molecule has 1 aromatic heterocycles. The monoisotopic (exact) mass is 303 g/mol. The lowest BCUT2D eigenvalue weighted by Crippen LogP contribution is -2.52. The van der Waals surface area contributed by atoms with Crippen molar-refractivity contribution in [2.45, 2.75) is 6.04 Å². The van der Waals surface area contributed by atoms with E-state index in [1.165, 1.54) is 17.2 Å². The topological polar surface area (TPSA) is 80.0 Å². The van der Waals surface area contributed by atoms with Crippen molar-refractivity contribution in [2.75, 3.05) is 19.8 Å². The summed E-state index contributed by atoms with van der Waals surface area (Å²) < 4.78 is 10.5. The van der Waals surface area contributed by atoms with Crippen molar-refractivity contribution < 1.29 is 23.8 Å². The van der Waals surface area contributed by atoms with E-state index in [-0.39, 0.29) is 19.1 Å². The molecular weight excluding hydrogens is 294 g/mol. The Labute approximate surface area is 105 Å². The SMILES string of the molecule is O=C(O)[C@H]1COCCN1C(=O)c1coc(Br)c1. The first-order valence-corrected chi connectivity index (χ1v) is 5.74. The van der Waals surface area contributed by atoms with Crippen molar-refractivity contribution in [2.24, 2.45) is 0 Å². The lowest BCUT2D eigenvalue weighted by atomic mass is 10.2. The molecule has 1 fully saturated rings. The van der Waals surface area contributed by atoms with E-state index in [1.807, 2.05) is 0 Å². The lowest BCUT2D eigenvalue weighted by molar-refractivity contribution is -0.147. The zero-order valence-corrected chi connectivity index (χ0v) is 10.3. The van der Waals surface area contributed by atoms with Crippen molar-refractivity contribution in [1.29, 1.82) is 0 Å². The number of furan rings is 1. The molecule has 2 rings (SSSR count). The molecule has 6 nitrogen and oxygen atoms in total. The van der Waals surface area contributed by atoms with Crippen molar-refractivity contribution in [3.05, 3.63) is 22.6 Å². The molecule has 0 spiro atoms. The zero-order chi connectivity index (χ0) is 12.4. The summed E-state index contributed by atoms with van der Waals surface area (Å²) in [6, 6.07) is 0.571. The number of carbonyl (C=O) groups is 2. The number of nitrogens with zero attached hydrogens (tertiary/aromatic N) is 1. The molecule has 0 aromatic carbocycles. The highest BCUT2D eigenvalue weighted by Gasteiger charge is 2.33. The minimum Gasteiger partial charge on any atom is -0.480 e. The van der Waals surface area contributed by atoms with Gasteiger partial charge in [-0.1, -0.05) is 0 Å². The fraction of sp³-hybridized carbons (Fsp3) is 0.400. The van der Waals surface area contributed by atoms with Crippen LogP contribution in [0.5, 0.6) is 0 Å². The van der Waals surface area contributed by atoms with E-state index in [1.54, 1.807) is 0 Å². The summed E-state index contributed by atoms with van der Waals surface area (Å²) in [6.45, 7) is 0.618. The second-order valence-corrected chi connectivity index (χ2v) is 4.35. The molecule has 0 aliphatic carbocycles. The van der Waals surface area contributed by atoms with Gasteiger partial charge in [0, 0.05) is 12.6 Å². The molecule has 1 N–H and O–H groups in total. The van der Waals surface area contributed by atoms with Gasteiger partial charge in [0.2, 0.25) is 0 Å². The third kappa shape index (κ3) is 2.50. The minimum atomic E-state index is -1.07. The first-order valence-electron chi connectivity index (χ1n) is 4.95. The van der Waals surface area contributed by atoms with Gasteiger partial charge in [-0.15, -0.1) is 0 Å². The Morgan fingerprint density at radius 3 is 2.88 bits per heavy atom. The number of hydrogen-bond donors (Lipinski definition) is 1. The van der Waals surface area contributed by atoms with Gasteiger partial charge in [-0.25, -0.2) is 4.79 Å². The smallest absolute Gasteiger partial charge is 0.328 e. The molecular formula is C10H10BrNO5. The Balaban J connectivity index is 2.19. The highest BCUT2D eigenvalue weighted by molar-refractivity contribution is 9.10. The van der Waals surface area contributed by atoms with Crippen LogP contribution in [0.25, 0.3) is 0 Å². The highest BCUT2D eigenvalue weighted by atomic mass is 79.9. The molecule has 0 unspecified atom stereocenters. The van der Waals surface area contributed by atoms with Gasteiger partial charge in [-0.3, -0.25) is 4.79 Å². The quantitative estimate of drug-likeness (QED) is 0.880. The van der Waals surface area contributed by atoms with Gasteiger partial charge in [0.15, 0.2) is 10.7 Å². The van der Waals surface area contributed by atoms with Gasteiger partial charge in [0.25, 0.3) is 5.91 Å². The van der Waals surface area contributed by atoms with Crippen LogP contribution in [0.4, 0.5) is 0 Å². The Bertz CT molecular complexity index is 444. The number of aliphatic carboxylic acids is 1. The van der Waals surface area contributed by atoms with Gasteiger partial charge in [-0.05, 0) is 15.9 Å². The Morgan fingerprint density at radius 1 is 1.53 bits per heavy atom. The highest BCUT2D eigenvalue weighted by Crippen LogP contribution is 2.18. The largest absolute Gasteiger partial charge is 0.480 e. The maximum atomic E-state index is 12.1. The van der Waals surface area contributed by atoms with Crippen LogP contribution in [0.2, 0.25) is 0 Å². The maximum Gasteiger partial charge on any atom is 0.328 e. The molecule has 0 saturated carbocycles. The predicted molar refractivity (Wildman–Crippen MR) is 59.7 cm³/mol. The molecule has 1 saturated heterocycles. The van der Waals surface area contributed by atoms with Gasteiger partial charge in [0.1, 0.15) is 6.26 Å². The van der Waals surface area contributed by atoms with Crippen molar-refractivity contribution in [3.63, 3.8) is 0 Å². The van der Waals surface area contributed by atoms with Crippen molar-refractivity contribution in [1.82, 2.24) is 4.90 Å². The van der Waals surface area contributed by atoms with E-state index in [2.05, 4.69) is 15.9 Å². The van der Waals surface area contributed by atoms with Crippen LogP contribution in [0, 0.1) is 0 Å². The number of amides is 1. The molecule has 1 aliphatic heterocycles. The number of carboxylic acid groups (broad SMARTS) is 1. The number of morpholine rings is 1. The fourth-order valence-corrected chi connectivity index (χ4v) is 1.98. The molecule has 17 heavy (non-hydrogen) atoms. The van der Waals surface area contributed by atoms with Crippen LogP contribution >= 0.6 is 15.9 Å². The lowest BCUT2D eigenvalue weighted by Gasteiger charge is -2.32. The van der Waals surface area contributed by atoms with E-state index in [0.717, 1.165) is 0 Å². The van der Waals surface area contributed by atoms with Crippen molar-refractivity contribution in [3.8, 4) is 0 Å². The average Bonchev–Trinajstić information content (AvgIpc) is 2.75. The number of rotatable bonds is 2. The number of hydrogen-bond acceptors (Lipinski definition) is 4.